The fraction of sp³-hybridized carbons (Fsp3) is 0.500. The predicted octanol–water partition coefficient (Wildman–Crippen LogP) is 2.50. The van der Waals surface area contributed by atoms with Crippen LogP contribution in [-0.4, -0.2) is 43.1 Å². The number of quaternary nitrogens is 1. The van der Waals surface area contributed by atoms with E-state index in [9.17, 15) is 9.59 Å². The summed E-state index contributed by atoms with van der Waals surface area (Å²) in [5, 5.41) is 4.17. The number of aromatic amines is 1. The van der Waals surface area contributed by atoms with Gasteiger partial charge >= 0.3 is 5.97 Å². The highest BCUT2D eigenvalue weighted by Crippen LogP contribution is 2.30. The zero-order valence-corrected chi connectivity index (χ0v) is 16.8. The Bertz CT molecular complexity index is 838. The molecule has 1 saturated heterocycles. The molecule has 3 rings (SSSR count). The Labute approximate surface area is 164 Å². The van der Waals surface area contributed by atoms with Gasteiger partial charge in [0.1, 0.15) is 5.69 Å². The maximum atomic E-state index is 12.7. The van der Waals surface area contributed by atoms with Crippen molar-refractivity contribution in [2.45, 2.75) is 27.2 Å². The molecule has 27 heavy (non-hydrogen) atoms. The third-order valence-electron chi connectivity index (χ3n) is 4.99. The van der Waals surface area contributed by atoms with Gasteiger partial charge in [0.2, 0.25) is 0 Å². The highest BCUT2D eigenvalue weighted by Gasteiger charge is 2.28. The lowest BCUT2D eigenvalue weighted by Gasteiger charge is -2.31. The molecule has 1 aromatic heterocycles. The first kappa shape index (κ1) is 19.7. The Morgan fingerprint density at radius 2 is 2.00 bits per heavy atom. The van der Waals surface area contributed by atoms with E-state index in [1.54, 1.807) is 25.1 Å². The first-order valence-corrected chi connectivity index (χ1v) is 9.87. The molecule has 1 aromatic carbocycles. The third-order valence-corrected chi connectivity index (χ3v) is 5.23. The molecule has 0 aliphatic carbocycles. The Balaban J connectivity index is 1.83. The van der Waals surface area contributed by atoms with Crippen molar-refractivity contribution in [2.24, 2.45) is 11.8 Å². The van der Waals surface area contributed by atoms with Crippen LogP contribution in [0.15, 0.2) is 18.2 Å². The van der Waals surface area contributed by atoms with Crippen molar-refractivity contribution in [3.05, 3.63) is 28.9 Å². The predicted molar refractivity (Wildman–Crippen MR) is 106 cm³/mol. The van der Waals surface area contributed by atoms with E-state index in [-0.39, 0.29) is 18.2 Å². The van der Waals surface area contributed by atoms with Gasteiger partial charge in [-0.2, -0.15) is 0 Å². The molecule has 1 aliphatic heterocycles. The third kappa shape index (κ3) is 4.62. The van der Waals surface area contributed by atoms with E-state index in [0.29, 0.717) is 34.5 Å². The Morgan fingerprint density at radius 1 is 1.30 bits per heavy atom. The number of nitrogens with one attached hydrogen (secondary N) is 3. The lowest BCUT2D eigenvalue weighted by molar-refractivity contribution is -0.904. The van der Waals surface area contributed by atoms with Crippen LogP contribution in [0, 0.1) is 11.8 Å². The van der Waals surface area contributed by atoms with Gasteiger partial charge in [-0.25, -0.2) is 4.79 Å². The quantitative estimate of drug-likeness (QED) is 0.684. The van der Waals surface area contributed by atoms with Gasteiger partial charge in [-0.1, -0.05) is 25.4 Å². The molecule has 2 atom stereocenters. The van der Waals surface area contributed by atoms with Gasteiger partial charge in [-0.15, -0.1) is 0 Å². The van der Waals surface area contributed by atoms with Crippen LogP contribution >= 0.6 is 11.6 Å². The molecule has 0 spiro atoms. The van der Waals surface area contributed by atoms with Gasteiger partial charge in [0.15, 0.2) is 6.54 Å². The van der Waals surface area contributed by atoms with Crippen LogP contribution in [0.5, 0.6) is 0 Å². The summed E-state index contributed by atoms with van der Waals surface area (Å²) in [4.78, 5) is 29.4. The largest absolute Gasteiger partial charge is 0.461 e. The number of carbonyl (C=O) groups excluding carboxylic acids is 2. The van der Waals surface area contributed by atoms with Gasteiger partial charge in [0.25, 0.3) is 5.91 Å². The van der Waals surface area contributed by atoms with Gasteiger partial charge in [0, 0.05) is 27.8 Å². The van der Waals surface area contributed by atoms with Crippen LogP contribution < -0.4 is 10.2 Å². The highest BCUT2D eigenvalue weighted by molar-refractivity contribution is 6.31. The number of carbonyl (C=O) groups is 2. The molecule has 0 radical (unpaired) electrons. The molecule has 2 aromatic rings. The molecule has 2 heterocycles. The molecule has 1 fully saturated rings. The average molecular weight is 393 g/mol. The van der Waals surface area contributed by atoms with Crippen molar-refractivity contribution < 1.29 is 19.2 Å². The maximum Gasteiger partial charge on any atom is 0.356 e. The summed E-state index contributed by atoms with van der Waals surface area (Å²) in [5.74, 6) is 0.613. The second-order valence-electron chi connectivity index (χ2n) is 7.61. The van der Waals surface area contributed by atoms with Crippen molar-refractivity contribution in [1.82, 2.24) is 4.98 Å². The molecular formula is C20H27ClN3O3+. The van der Waals surface area contributed by atoms with Crippen LogP contribution in [0.2, 0.25) is 5.02 Å². The van der Waals surface area contributed by atoms with Crippen LogP contribution in [0.4, 0.5) is 5.69 Å². The summed E-state index contributed by atoms with van der Waals surface area (Å²) < 4.78 is 5.13. The minimum Gasteiger partial charge on any atom is -0.461 e. The van der Waals surface area contributed by atoms with Crippen molar-refractivity contribution in [1.29, 1.82) is 0 Å². The normalized spacial score (nSPS) is 22.6. The summed E-state index contributed by atoms with van der Waals surface area (Å²) in [6, 6.07) is 5.26. The van der Waals surface area contributed by atoms with E-state index in [0.717, 1.165) is 18.6 Å². The molecular weight excluding hydrogens is 366 g/mol. The van der Waals surface area contributed by atoms with E-state index in [1.807, 2.05) is 0 Å². The number of hydrogen-bond acceptors (Lipinski definition) is 3. The first-order valence-electron chi connectivity index (χ1n) is 9.49. The van der Waals surface area contributed by atoms with E-state index in [4.69, 9.17) is 16.3 Å². The number of benzene rings is 1. The summed E-state index contributed by atoms with van der Waals surface area (Å²) in [6.45, 7) is 8.82. The fourth-order valence-corrected chi connectivity index (χ4v) is 4.30. The van der Waals surface area contributed by atoms with Crippen LogP contribution in [0.25, 0.3) is 10.9 Å². The fourth-order valence-electron chi connectivity index (χ4n) is 4.13. The van der Waals surface area contributed by atoms with Gasteiger partial charge in [-0.05, 0) is 31.5 Å². The number of hydrogen-bond donors (Lipinski definition) is 3. The Morgan fingerprint density at radius 3 is 2.67 bits per heavy atom. The first-order chi connectivity index (χ1) is 12.9. The number of halogens is 1. The lowest BCUT2D eigenvalue weighted by Crippen LogP contribution is -3.15. The van der Waals surface area contributed by atoms with Gasteiger partial charge < -0.3 is 19.9 Å². The van der Waals surface area contributed by atoms with E-state index in [1.165, 1.54) is 11.3 Å². The number of ether oxygens (including phenoxy) is 1. The molecule has 7 heteroatoms. The SMILES string of the molecule is CCOC(=O)c1[nH]c2ccc(Cl)cc2c1NC(=O)C[NH+]1C[C@H](C)C[C@@H](C)C1. The van der Waals surface area contributed by atoms with E-state index in [2.05, 4.69) is 24.1 Å². The number of aromatic nitrogens is 1. The van der Waals surface area contributed by atoms with Crippen molar-refractivity contribution >= 4 is 40.1 Å². The number of anilines is 1. The van der Waals surface area contributed by atoms with Crippen LogP contribution in [-0.2, 0) is 9.53 Å². The van der Waals surface area contributed by atoms with Crippen molar-refractivity contribution in [3.8, 4) is 0 Å². The molecule has 6 nitrogen and oxygen atoms in total. The van der Waals surface area contributed by atoms with Gasteiger partial charge in [-0.3, -0.25) is 4.79 Å². The summed E-state index contributed by atoms with van der Waals surface area (Å²) in [7, 11) is 0. The number of esters is 1. The number of amides is 1. The highest BCUT2D eigenvalue weighted by atomic mass is 35.5. The zero-order chi connectivity index (χ0) is 19.6. The van der Waals surface area contributed by atoms with Crippen LogP contribution in [0.1, 0.15) is 37.7 Å². The second-order valence-corrected chi connectivity index (χ2v) is 8.05. The number of likely N-dealkylation sites (tertiary alicyclic amines) is 1. The average Bonchev–Trinajstić information content (AvgIpc) is 2.92. The van der Waals surface area contributed by atoms with E-state index < -0.39 is 5.97 Å². The standard InChI is InChI=1S/C20H26ClN3O3/c1-4-27-20(26)19-18(15-8-14(21)5-6-16(15)22-19)23-17(25)11-24-9-12(2)7-13(3)10-24/h5-6,8,12-13,22H,4,7,9-11H2,1-3H3,(H,23,25)/p+1/t12-,13-/m1/s1. The molecule has 0 unspecified atom stereocenters. The smallest absolute Gasteiger partial charge is 0.356 e. The van der Waals surface area contributed by atoms with Crippen molar-refractivity contribution in [3.63, 3.8) is 0 Å². The number of piperidine rings is 1. The van der Waals surface area contributed by atoms with Crippen molar-refractivity contribution in [2.75, 3.05) is 31.6 Å². The number of H-pyrrole nitrogens is 1. The summed E-state index contributed by atoms with van der Waals surface area (Å²) >= 11 is 6.12. The van der Waals surface area contributed by atoms with E-state index >= 15 is 0 Å². The Hall–Kier alpha value is -2.05. The van der Waals surface area contributed by atoms with Gasteiger partial charge in [0.05, 0.1) is 25.4 Å². The minimum atomic E-state index is -0.493. The Kier molecular flexibility index (Phi) is 6.07. The summed E-state index contributed by atoms with van der Waals surface area (Å²) in [6.07, 6.45) is 1.21. The topological polar surface area (TPSA) is 75.6 Å². The minimum absolute atomic E-state index is 0.113. The molecule has 0 bridgehead atoms. The molecule has 146 valence electrons. The molecule has 1 aliphatic rings. The second kappa shape index (κ2) is 8.31. The number of rotatable bonds is 5. The van der Waals surface area contributed by atoms with Crippen LogP contribution in [0.3, 0.4) is 0 Å². The summed E-state index contributed by atoms with van der Waals surface area (Å²) in [5.41, 5.74) is 1.41. The molecule has 0 saturated carbocycles. The molecule has 1 amide bonds. The lowest BCUT2D eigenvalue weighted by atomic mass is 9.92. The molecule has 3 N–H and O–H groups in total. The number of fused-ring (bicyclic) bond motifs is 1. The maximum absolute atomic E-state index is 12.7. The monoisotopic (exact) mass is 392 g/mol. The zero-order valence-electron chi connectivity index (χ0n) is 16.0.